The third-order valence-electron chi connectivity index (χ3n) is 4.94. The van der Waals surface area contributed by atoms with E-state index >= 15 is 0 Å². The van der Waals surface area contributed by atoms with Gasteiger partial charge < -0.3 is 16.0 Å². The molecule has 1 fully saturated rings. The van der Waals surface area contributed by atoms with E-state index in [1.807, 2.05) is 24.3 Å². The van der Waals surface area contributed by atoms with E-state index in [-0.39, 0.29) is 22.9 Å². The summed E-state index contributed by atoms with van der Waals surface area (Å²) in [6, 6.07) is 7.73. The maximum atomic E-state index is 12.6. The number of anilines is 1. The van der Waals surface area contributed by atoms with Gasteiger partial charge in [0.05, 0.1) is 0 Å². The second-order valence-corrected chi connectivity index (χ2v) is 8.75. The molecule has 0 saturated carbocycles. The lowest BCUT2D eigenvalue weighted by molar-refractivity contribution is -0.120. The number of piperidine rings is 1. The third kappa shape index (κ3) is 6.13. The molecule has 1 aromatic rings. The van der Waals surface area contributed by atoms with E-state index in [0.29, 0.717) is 25.2 Å². The van der Waals surface area contributed by atoms with Crippen molar-refractivity contribution >= 4 is 17.5 Å². The molecule has 1 saturated heterocycles. The molecule has 1 aliphatic rings. The Morgan fingerprint density at radius 2 is 1.69 bits per heavy atom. The molecule has 0 radical (unpaired) electrons. The van der Waals surface area contributed by atoms with E-state index < -0.39 is 0 Å². The Morgan fingerprint density at radius 1 is 1.08 bits per heavy atom. The van der Waals surface area contributed by atoms with Crippen LogP contribution in [0.3, 0.4) is 0 Å². The van der Waals surface area contributed by atoms with Crippen molar-refractivity contribution in [1.29, 1.82) is 0 Å². The van der Waals surface area contributed by atoms with Gasteiger partial charge in [-0.25, -0.2) is 0 Å². The average molecular weight is 360 g/mol. The van der Waals surface area contributed by atoms with E-state index in [1.165, 1.54) is 0 Å². The Kier molecular flexibility index (Phi) is 6.45. The maximum absolute atomic E-state index is 12.6. The van der Waals surface area contributed by atoms with Gasteiger partial charge in [0.2, 0.25) is 11.8 Å². The largest absolute Gasteiger partial charge is 0.359 e. The molecule has 3 N–H and O–H groups in total. The van der Waals surface area contributed by atoms with E-state index in [2.05, 4.69) is 43.6 Å². The second-order valence-electron chi connectivity index (χ2n) is 8.75. The standard InChI is InChI=1S/C21H33N3O2/c1-20(2)13-15(14-21(3,4)24-20)12-19(26)23-17-9-7-6-8-16(17)10-11-18(25)22-5/h6-9,15,24H,10-14H2,1-5H3,(H,22,25)(H,23,26). The fourth-order valence-electron chi connectivity index (χ4n) is 4.37. The van der Waals surface area contributed by atoms with Crippen molar-refractivity contribution in [2.75, 3.05) is 12.4 Å². The Hall–Kier alpha value is -1.88. The van der Waals surface area contributed by atoms with Crippen LogP contribution in [0.5, 0.6) is 0 Å². The smallest absolute Gasteiger partial charge is 0.224 e. The third-order valence-corrected chi connectivity index (χ3v) is 4.94. The normalized spacial score (nSPS) is 19.0. The van der Waals surface area contributed by atoms with Crippen molar-refractivity contribution in [2.24, 2.45) is 5.92 Å². The number of aryl methyl sites for hydroxylation is 1. The van der Waals surface area contributed by atoms with Crippen LogP contribution in [-0.2, 0) is 16.0 Å². The summed E-state index contributed by atoms with van der Waals surface area (Å²) in [5.41, 5.74) is 1.89. The van der Waals surface area contributed by atoms with Crippen LogP contribution in [0.2, 0.25) is 0 Å². The van der Waals surface area contributed by atoms with Gasteiger partial charge in [-0.05, 0) is 64.5 Å². The Labute approximate surface area is 157 Å². The molecule has 2 rings (SSSR count). The highest BCUT2D eigenvalue weighted by Gasteiger charge is 2.38. The molecule has 5 nitrogen and oxygen atoms in total. The molecule has 0 aromatic heterocycles. The number of carbonyl (C=O) groups excluding carboxylic acids is 2. The van der Waals surface area contributed by atoms with Gasteiger partial charge in [0.25, 0.3) is 0 Å². The van der Waals surface area contributed by atoms with Crippen molar-refractivity contribution in [3.8, 4) is 0 Å². The lowest BCUT2D eigenvalue weighted by atomic mass is 9.74. The van der Waals surface area contributed by atoms with Gasteiger partial charge in [-0.3, -0.25) is 9.59 Å². The summed E-state index contributed by atoms with van der Waals surface area (Å²) in [7, 11) is 1.64. The maximum Gasteiger partial charge on any atom is 0.224 e. The molecule has 5 heteroatoms. The van der Waals surface area contributed by atoms with E-state index in [4.69, 9.17) is 0 Å². The molecule has 0 atom stereocenters. The van der Waals surface area contributed by atoms with Gasteiger partial charge in [0, 0.05) is 36.7 Å². The first-order chi connectivity index (χ1) is 12.1. The minimum absolute atomic E-state index is 0.00491. The van der Waals surface area contributed by atoms with Crippen LogP contribution in [0.15, 0.2) is 24.3 Å². The van der Waals surface area contributed by atoms with Crippen LogP contribution < -0.4 is 16.0 Å². The monoisotopic (exact) mass is 359 g/mol. The van der Waals surface area contributed by atoms with E-state index in [9.17, 15) is 9.59 Å². The minimum Gasteiger partial charge on any atom is -0.359 e. The summed E-state index contributed by atoms with van der Waals surface area (Å²) >= 11 is 0. The van der Waals surface area contributed by atoms with Gasteiger partial charge in [0.15, 0.2) is 0 Å². The number of hydrogen-bond acceptors (Lipinski definition) is 3. The summed E-state index contributed by atoms with van der Waals surface area (Å²) in [5, 5.41) is 9.35. The Bertz CT molecular complexity index is 636. The molecule has 0 bridgehead atoms. The fraction of sp³-hybridized carbons (Fsp3) is 0.619. The first-order valence-corrected chi connectivity index (χ1v) is 9.48. The Balaban J connectivity index is 1.98. The molecular formula is C21H33N3O2. The summed E-state index contributed by atoms with van der Waals surface area (Å²) in [4.78, 5) is 24.1. The number of para-hydroxylation sites is 1. The highest BCUT2D eigenvalue weighted by Crippen LogP contribution is 2.34. The van der Waals surface area contributed by atoms with Crippen molar-refractivity contribution in [2.45, 2.75) is 70.9 Å². The lowest BCUT2D eigenvalue weighted by Crippen LogP contribution is -2.58. The van der Waals surface area contributed by atoms with Crippen molar-refractivity contribution < 1.29 is 9.59 Å². The second kappa shape index (κ2) is 8.21. The number of nitrogens with one attached hydrogen (secondary N) is 3. The summed E-state index contributed by atoms with van der Waals surface area (Å²) in [6.45, 7) is 8.81. The van der Waals surface area contributed by atoms with E-state index in [0.717, 1.165) is 24.1 Å². The highest BCUT2D eigenvalue weighted by molar-refractivity contribution is 5.91. The van der Waals surface area contributed by atoms with Crippen molar-refractivity contribution in [3.63, 3.8) is 0 Å². The van der Waals surface area contributed by atoms with Gasteiger partial charge in [0.1, 0.15) is 0 Å². The predicted molar refractivity (Wildman–Crippen MR) is 106 cm³/mol. The first-order valence-electron chi connectivity index (χ1n) is 9.48. The van der Waals surface area contributed by atoms with Crippen LogP contribution in [0.1, 0.15) is 58.9 Å². The van der Waals surface area contributed by atoms with Crippen LogP contribution in [0.25, 0.3) is 0 Å². The average Bonchev–Trinajstić information content (AvgIpc) is 2.50. The summed E-state index contributed by atoms with van der Waals surface area (Å²) in [5.74, 6) is 0.417. The number of rotatable bonds is 6. The molecule has 0 unspecified atom stereocenters. The summed E-state index contributed by atoms with van der Waals surface area (Å²) < 4.78 is 0. The number of benzene rings is 1. The molecule has 0 spiro atoms. The molecule has 1 aliphatic heterocycles. The lowest BCUT2D eigenvalue weighted by Gasteiger charge is -2.46. The quantitative estimate of drug-likeness (QED) is 0.730. The zero-order chi connectivity index (χ0) is 19.4. The molecular weight excluding hydrogens is 326 g/mol. The van der Waals surface area contributed by atoms with Gasteiger partial charge in [-0.1, -0.05) is 18.2 Å². The Morgan fingerprint density at radius 3 is 2.31 bits per heavy atom. The minimum atomic E-state index is 0.00491. The molecule has 1 heterocycles. The zero-order valence-corrected chi connectivity index (χ0v) is 16.7. The van der Waals surface area contributed by atoms with Gasteiger partial charge in [-0.2, -0.15) is 0 Å². The number of amides is 2. The van der Waals surface area contributed by atoms with Crippen LogP contribution in [0, 0.1) is 5.92 Å². The molecule has 144 valence electrons. The van der Waals surface area contributed by atoms with Crippen LogP contribution in [0.4, 0.5) is 5.69 Å². The SMILES string of the molecule is CNC(=O)CCc1ccccc1NC(=O)CC1CC(C)(C)NC(C)(C)C1. The van der Waals surface area contributed by atoms with E-state index in [1.54, 1.807) is 7.05 Å². The molecule has 0 aliphatic carbocycles. The highest BCUT2D eigenvalue weighted by atomic mass is 16.2. The van der Waals surface area contributed by atoms with Crippen LogP contribution >= 0.6 is 0 Å². The molecule has 2 amide bonds. The molecule has 1 aromatic carbocycles. The number of hydrogen-bond donors (Lipinski definition) is 3. The van der Waals surface area contributed by atoms with Crippen molar-refractivity contribution in [3.05, 3.63) is 29.8 Å². The number of carbonyl (C=O) groups is 2. The van der Waals surface area contributed by atoms with Gasteiger partial charge >= 0.3 is 0 Å². The van der Waals surface area contributed by atoms with Crippen LogP contribution in [-0.4, -0.2) is 29.9 Å². The zero-order valence-electron chi connectivity index (χ0n) is 16.7. The first kappa shape index (κ1) is 20.4. The van der Waals surface area contributed by atoms with Crippen molar-refractivity contribution in [1.82, 2.24) is 10.6 Å². The molecule has 26 heavy (non-hydrogen) atoms. The topological polar surface area (TPSA) is 70.2 Å². The summed E-state index contributed by atoms with van der Waals surface area (Å²) in [6.07, 6.45) is 3.53. The van der Waals surface area contributed by atoms with Gasteiger partial charge in [-0.15, -0.1) is 0 Å². The fourth-order valence-corrected chi connectivity index (χ4v) is 4.37. The predicted octanol–water partition coefficient (Wildman–Crippen LogP) is 3.25.